The molecule has 2 aromatic rings. The molecule has 132 valence electrons. The highest BCUT2D eigenvalue weighted by Gasteiger charge is 2.49. The van der Waals surface area contributed by atoms with Crippen molar-refractivity contribution in [1.82, 2.24) is 4.98 Å². The Labute approximate surface area is 145 Å². The zero-order chi connectivity index (χ0) is 18.0. The second-order valence-electron chi connectivity index (χ2n) is 6.69. The van der Waals surface area contributed by atoms with Crippen LogP contribution in [-0.4, -0.2) is 40.4 Å². The van der Waals surface area contributed by atoms with E-state index in [1.165, 1.54) is 12.1 Å². The first-order chi connectivity index (χ1) is 11.9. The van der Waals surface area contributed by atoms with E-state index in [2.05, 4.69) is 4.98 Å². The van der Waals surface area contributed by atoms with Crippen molar-refractivity contribution >= 4 is 11.8 Å². The van der Waals surface area contributed by atoms with Gasteiger partial charge in [-0.3, -0.25) is 4.79 Å². The summed E-state index contributed by atoms with van der Waals surface area (Å²) in [5, 5.41) is 20.4. The number of piperidine rings is 1. The molecule has 0 aliphatic carbocycles. The van der Waals surface area contributed by atoms with Gasteiger partial charge in [0, 0.05) is 19.3 Å². The first kappa shape index (κ1) is 17.4. The highest BCUT2D eigenvalue weighted by molar-refractivity contribution is 5.77. The number of aliphatic carboxylic acids is 1. The van der Waals surface area contributed by atoms with Gasteiger partial charge < -0.3 is 15.1 Å². The number of benzene rings is 1. The number of aromatic nitrogens is 1. The Bertz CT molecular complexity index is 783. The van der Waals surface area contributed by atoms with Gasteiger partial charge in [0.05, 0.1) is 6.10 Å². The van der Waals surface area contributed by atoms with E-state index < -0.39 is 23.3 Å². The molecule has 2 atom stereocenters. The fourth-order valence-corrected chi connectivity index (χ4v) is 3.44. The van der Waals surface area contributed by atoms with Crippen LogP contribution in [0.15, 0.2) is 42.6 Å². The number of carboxylic acid groups (broad SMARTS) is 1. The number of aryl methyl sites for hydroxylation is 1. The van der Waals surface area contributed by atoms with Crippen molar-refractivity contribution in [3.8, 4) is 0 Å². The maximum absolute atomic E-state index is 13.5. The lowest BCUT2D eigenvalue weighted by molar-refractivity contribution is -0.157. The lowest BCUT2D eigenvalue weighted by atomic mass is 9.73. The SMILES string of the molecule is Cc1ccnc(N2CC[C@H](O)[C@](Cc3cccc(F)c3)(C(=O)O)C2)c1. The summed E-state index contributed by atoms with van der Waals surface area (Å²) < 4.78 is 13.5. The lowest BCUT2D eigenvalue weighted by Crippen LogP contribution is -2.57. The number of aliphatic hydroxyl groups excluding tert-OH is 1. The van der Waals surface area contributed by atoms with Crippen molar-refractivity contribution in [1.29, 1.82) is 0 Å². The smallest absolute Gasteiger partial charge is 0.314 e. The van der Waals surface area contributed by atoms with E-state index in [9.17, 15) is 19.4 Å². The number of hydrogen-bond acceptors (Lipinski definition) is 4. The predicted octanol–water partition coefficient (Wildman–Crippen LogP) is 2.41. The van der Waals surface area contributed by atoms with Crippen LogP contribution < -0.4 is 4.90 Å². The Balaban J connectivity index is 1.94. The van der Waals surface area contributed by atoms with Crippen LogP contribution in [0.4, 0.5) is 10.2 Å². The van der Waals surface area contributed by atoms with Crippen LogP contribution in [0.5, 0.6) is 0 Å². The third-order valence-electron chi connectivity index (χ3n) is 4.84. The summed E-state index contributed by atoms with van der Waals surface area (Å²) in [6, 6.07) is 9.64. The van der Waals surface area contributed by atoms with Crippen molar-refractivity contribution in [2.75, 3.05) is 18.0 Å². The van der Waals surface area contributed by atoms with Crippen molar-refractivity contribution in [2.24, 2.45) is 5.41 Å². The summed E-state index contributed by atoms with van der Waals surface area (Å²) >= 11 is 0. The van der Waals surface area contributed by atoms with E-state index in [-0.39, 0.29) is 13.0 Å². The molecule has 2 heterocycles. The van der Waals surface area contributed by atoms with Crippen molar-refractivity contribution in [2.45, 2.75) is 25.9 Å². The average Bonchev–Trinajstić information content (AvgIpc) is 2.57. The first-order valence-electron chi connectivity index (χ1n) is 8.24. The molecule has 25 heavy (non-hydrogen) atoms. The van der Waals surface area contributed by atoms with Crippen molar-refractivity contribution < 1.29 is 19.4 Å². The third-order valence-corrected chi connectivity index (χ3v) is 4.84. The number of carboxylic acids is 1. The van der Waals surface area contributed by atoms with E-state index in [4.69, 9.17) is 0 Å². The molecule has 3 rings (SSSR count). The summed E-state index contributed by atoms with van der Waals surface area (Å²) in [4.78, 5) is 18.3. The van der Waals surface area contributed by atoms with Gasteiger partial charge in [0.15, 0.2) is 0 Å². The molecule has 1 aliphatic rings. The molecule has 5 nitrogen and oxygen atoms in total. The quantitative estimate of drug-likeness (QED) is 0.891. The van der Waals surface area contributed by atoms with E-state index in [1.807, 2.05) is 24.0 Å². The molecule has 0 saturated carbocycles. The molecule has 2 N–H and O–H groups in total. The molecule has 1 aliphatic heterocycles. The summed E-state index contributed by atoms with van der Waals surface area (Å²) in [6.45, 7) is 2.59. The largest absolute Gasteiger partial charge is 0.481 e. The summed E-state index contributed by atoms with van der Waals surface area (Å²) in [5.74, 6) is -0.807. The maximum Gasteiger partial charge on any atom is 0.314 e. The summed E-state index contributed by atoms with van der Waals surface area (Å²) in [7, 11) is 0. The standard InChI is InChI=1S/C19H21FN2O3/c1-13-5-7-21-17(9-13)22-8-6-16(23)19(12-22,18(24)25)11-14-3-2-4-15(20)10-14/h2-5,7,9-10,16,23H,6,8,11-12H2,1H3,(H,24,25)/t16-,19+/m0/s1. The molecule has 1 aromatic heterocycles. The number of halogens is 1. The number of nitrogens with zero attached hydrogens (tertiary/aromatic N) is 2. The molecule has 0 bridgehead atoms. The van der Waals surface area contributed by atoms with Gasteiger partial charge in [-0.2, -0.15) is 0 Å². The van der Waals surface area contributed by atoms with Gasteiger partial charge in [0.1, 0.15) is 17.1 Å². The van der Waals surface area contributed by atoms with Gasteiger partial charge in [0.2, 0.25) is 0 Å². The first-order valence-corrected chi connectivity index (χ1v) is 8.24. The van der Waals surface area contributed by atoms with E-state index >= 15 is 0 Å². The Kier molecular flexibility index (Phi) is 4.72. The monoisotopic (exact) mass is 344 g/mol. The number of carbonyl (C=O) groups is 1. The lowest BCUT2D eigenvalue weighted by Gasteiger charge is -2.44. The topological polar surface area (TPSA) is 73.7 Å². The van der Waals surface area contributed by atoms with Crippen LogP contribution in [0.25, 0.3) is 0 Å². The summed E-state index contributed by atoms with van der Waals surface area (Å²) in [6.07, 6.45) is 1.06. The molecule has 0 spiro atoms. The molecule has 0 radical (unpaired) electrons. The zero-order valence-electron chi connectivity index (χ0n) is 14.0. The normalized spacial score (nSPS) is 23.5. The van der Waals surface area contributed by atoms with E-state index in [0.29, 0.717) is 24.3 Å². The van der Waals surface area contributed by atoms with Crippen LogP contribution >= 0.6 is 0 Å². The van der Waals surface area contributed by atoms with Gasteiger partial charge in [0.25, 0.3) is 0 Å². The maximum atomic E-state index is 13.5. The molecule has 1 fully saturated rings. The highest BCUT2D eigenvalue weighted by atomic mass is 19.1. The number of hydrogen-bond donors (Lipinski definition) is 2. The van der Waals surface area contributed by atoms with Crippen LogP contribution in [0.1, 0.15) is 17.5 Å². The molecular formula is C19H21FN2O3. The Hall–Kier alpha value is -2.47. The highest BCUT2D eigenvalue weighted by Crippen LogP contribution is 2.36. The average molecular weight is 344 g/mol. The van der Waals surface area contributed by atoms with Crippen molar-refractivity contribution in [3.63, 3.8) is 0 Å². The van der Waals surface area contributed by atoms with Crippen LogP contribution in [0.2, 0.25) is 0 Å². The predicted molar refractivity (Wildman–Crippen MR) is 92.0 cm³/mol. The second kappa shape index (κ2) is 6.80. The van der Waals surface area contributed by atoms with Crippen molar-refractivity contribution in [3.05, 3.63) is 59.5 Å². The van der Waals surface area contributed by atoms with Gasteiger partial charge >= 0.3 is 5.97 Å². The zero-order valence-corrected chi connectivity index (χ0v) is 14.0. The van der Waals surface area contributed by atoms with E-state index in [1.54, 1.807) is 18.3 Å². The number of aliphatic hydroxyl groups is 1. The van der Waals surface area contributed by atoms with Gasteiger partial charge in [-0.05, 0) is 55.2 Å². The van der Waals surface area contributed by atoms with E-state index in [0.717, 1.165) is 5.56 Å². The number of anilines is 1. The minimum Gasteiger partial charge on any atom is -0.481 e. The number of pyridine rings is 1. The fraction of sp³-hybridized carbons (Fsp3) is 0.368. The Morgan fingerprint density at radius 2 is 2.20 bits per heavy atom. The summed E-state index contributed by atoms with van der Waals surface area (Å²) in [5.41, 5.74) is 0.181. The molecule has 0 amide bonds. The van der Waals surface area contributed by atoms with Gasteiger partial charge in [-0.1, -0.05) is 12.1 Å². The molecule has 1 saturated heterocycles. The van der Waals surface area contributed by atoms with Gasteiger partial charge in [-0.25, -0.2) is 9.37 Å². The third kappa shape index (κ3) is 3.49. The fourth-order valence-electron chi connectivity index (χ4n) is 3.44. The Morgan fingerprint density at radius 3 is 2.88 bits per heavy atom. The van der Waals surface area contributed by atoms with Crippen LogP contribution in [0.3, 0.4) is 0 Å². The minimum absolute atomic E-state index is 0.0591. The minimum atomic E-state index is -1.41. The van der Waals surface area contributed by atoms with Crippen LogP contribution in [-0.2, 0) is 11.2 Å². The molecule has 1 aromatic carbocycles. The second-order valence-corrected chi connectivity index (χ2v) is 6.69. The molecule has 6 heteroatoms. The Morgan fingerprint density at radius 1 is 1.40 bits per heavy atom. The molecular weight excluding hydrogens is 323 g/mol. The number of rotatable bonds is 4. The van der Waals surface area contributed by atoms with Crippen LogP contribution in [0, 0.1) is 18.2 Å². The van der Waals surface area contributed by atoms with Gasteiger partial charge in [-0.15, -0.1) is 0 Å². The molecule has 0 unspecified atom stereocenters.